The van der Waals surface area contributed by atoms with Crippen molar-refractivity contribution in [2.45, 2.75) is 20.5 Å². The normalized spacial score (nSPS) is 10.7. The van der Waals surface area contributed by atoms with Crippen LogP contribution in [-0.4, -0.2) is 11.1 Å². The molecule has 2 aromatic heterocycles. The Balaban J connectivity index is 1.70. The lowest BCUT2D eigenvalue weighted by molar-refractivity contribution is 0.0435. The molecule has 23 heavy (non-hydrogen) atoms. The van der Waals surface area contributed by atoms with Gasteiger partial charge in [0.2, 0.25) is 5.76 Å². The van der Waals surface area contributed by atoms with Gasteiger partial charge in [0.1, 0.15) is 23.9 Å². The van der Waals surface area contributed by atoms with Crippen molar-refractivity contribution in [3.8, 4) is 11.3 Å². The zero-order chi connectivity index (χ0) is 16.4. The molecule has 0 saturated carbocycles. The topological polar surface area (TPSA) is 65.5 Å². The van der Waals surface area contributed by atoms with E-state index in [1.54, 1.807) is 32.0 Å². The molecule has 0 fully saturated rings. The maximum atomic E-state index is 12.9. The zero-order valence-electron chi connectivity index (χ0n) is 12.6. The van der Waals surface area contributed by atoms with E-state index in [-0.39, 0.29) is 18.2 Å². The summed E-state index contributed by atoms with van der Waals surface area (Å²) in [6.07, 6.45) is 0. The number of hydrogen-bond acceptors (Lipinski definition) is 5. The summed E-state index contributed by atoms with van der Waals surface area (Å²) in [6.45, 7) is 3.59. The van der Waals surface area contributed by atoms with Crippen LogP contribution in [0.4, 0.5) is 4.39 Å². The van der Waals surface area contributed by atoms with E-state index in [4.69, 9.17) is 13.7 Å². The number of hydrogen-bond donors (Lipinski definition) is 0. The van der Waals surface area contributed by atoms with Crippen molar-refractivity contribution in [1.29, 1.82) is 0 Å². The Morgan fingerprint density at radius 3 is 2.57 bits per heavy atom. The highest BCUT2D eigenvalue weighted by Gasteiger charge is 2.16. The highest BCUT2D eigenvalue weighted by atomic mass is 19.1. The van der Waals surface area contributed by atoms with Crippen molar-refractivity contribution in [3.05, 3.63) is 65.0 Å². The van der Waals surface area contributed by atoms with E-state index < -0.39 is 5.97 Å². The van der Waals surface area contributed by atoms with E-state index in [1.165, 1.54) is 18.2 Å². The van der Waals surface area contributed by atoms with Gasteiger partial charge in [-0.2, -0.15) is 0 Å². The minimum Gasteiger partial charge on any atom is -0.455 e. The molecule has 3 aromatic rings. The van der Waals surface area contributed by atoms with Crippen LogP contribution in [-0.2, 0) is 11.3 Å². The van der Waals surface area contributed by atoms with Crippen LogP contribution in [0, 0.1) is 19.7 Å². The number of aromatic nitrogens is 1. The Kier molecular flexibility index (Phi) is 3.97. The third-order valence-electron chi connectivity index (χ3n) is 3.46. The summed E-state index contributed by atoms with van der Waals surface area (Å²) in [5.74, 6) is 0.241. The summed E-state index contributed by atoms with van der Waals surface area (Å²) < 4.78 is 28.6. The maximum absolute atomic E-state index is 12.9. The number of benzene rings is 1. The van der Waals surface area contributed by atoms with Gasteiger partial charge in [-0.3, -0.25) is 0 Å². The quantitative estimate of drug-likeness (QED) is 0.680. The van der Waals surface area contributed by atoms with Gasteiger partial charge in [-0.25, -0.2) is 9.18 Å². The Morgan fingerprint density at radius 1 is 1.17 bits per heavy atom. The van der Waals surface area contributed by atoms with Crippen LogP contribution in [0.2, 0.25) is 0 Å². The molecule has 118 valence electrons. The maximum Gasteiger partial charge on any atom is 0.374 e. The SMILES string of the molecule is Cc1noc(C)c1COC(=O)c1ccc(-c2ccc(F)cc2)o1. The fourth-order valence-corrected chi connectivity index (χ4v) is 2.13. The molecule has 0 aliphatic heterocycles. The first-order valence-electron chi connectivity index (χ1n) is 6.99. The molecule has 0 saturated heterocycles. The Bertz CT molecular complexity index is 813. The van der Waals surface area contributed by atoms with Gasteiger partial charge in [0.05, 0.1) is 11.3 Å². The lowest BCUT2D eigenvalue weighted by Crippen LogP contribution is -2.04. The monoisotopic (exact) mass is 315 g/mol. The molecule has 6 heteroatoms. The van der Waals surface area contributed by atoms with Gasteiger partial charge in [0.25, 0.3) is 0 Å². The lowest BCUT2D eigenvalue weighted by Gasteiger charge is -2.02. The van der Waals surface area contributed by atoms with Crippen LogP contribution < -0.4 is 0 Å². The molecule has 0 aliphatic rings. The fraction of sp³-hybridized carbons (Fsp3) is 0.176. The molecular weight excluding hydrogens is 301 g/mol. The Hall–Kier alpha value is -2.89. The van der Waals surface area contributed by atoms with Crippen LogP contribution in [0.15, 0.2) is 45.3 Å². The zero-order valence-corrected chi connectivity index (χ0v) is 12.6. The molecule has 2 heterocycles. The average molecular weight is 315 g/mol. The van der Waals surface area contributed by atoms with Crippen LogP contribution in [0.1, 0.15) is 27.6 Å². The Morgan fingerprint density at radius 2 is 1.91 bits per heavy atom. The number of aryl methyl sites for hydroxylation is 2. The van der Waals surface area contributed by atoms with E-state index >= 15 is 0 Å². The standard InChI is InChI=1S/C17H14FNO4/c1-10-14(11(2)23-19-10)9-21-17(20)16-8-7-15(22-16)12-3-5-13(18)6-4-12/h3-8H,9H2,1-2H3. The molecule has 0 N–H and O–H groups in total. The molecule has 3 rings (SSSR count). The van der Waals surface area contributed by atoms with E-state index in [2.05, 4.69) is 5.16 Å². The molecule has 0 atom stereocenters. The summed E-state index contributed by atoms with van der Waals surface area (Å²) in [4.78, 5) is 12.0. The van der Waals surface area contributed by atoms with Crippen LogP contribution >= 0.6 is 0 Å². The van der Waals surface area contributed by atoms with E-state index in [0.29, 0.717) is 22.8 Å². The smallest absolute Gasteiger partial charge is 0.374 e. The largest absolute Gasteiger partial charge is 0.455 e. The molecule has 0 bridgehead atoms. The molecule has 1 aromatic carbocycles. The predicted molar refractivity (Wildman–Crippen MR) is 79.2 cm³/mol. The number of halogens is 1. The van der Waals surface area contributed by atoms with E-state index in [0.717, 1.165) is 5.56 Å². The van der Waals surface area contributed by atoms with Crippen LogP contribution in [0.5, 0.6) is 0 Å². The number of carbonyl (C=O) groups excluding carboxylic acids is 1. The minimum atomic E-state index is -0.585. The Labute approximate surface area is 131 Å². The number of esters is 1. The first kappa shape index (κ1) is 15.0. The van der Waals surface area contributed by atoms with Crippen molar-refractivity contribution in [1.82, 2.24) is 5.16 Å². The summed E-state index contributed by atoms with van der Waals surface area (Å²) in [6, 6.07) is 8.97. The molecule has 0 unspecified atom stereocenters. The van der Waals surface area contributed by atoms with Gasteiger partial charge < -0.3 is 13.7 Å². The number of rotatable bonds is 4. The molecule has 0 amide bonds. The highest BCUT2D eigenvalue weighted by molar-refractivity contribution is 5.87. The van der Waals surface area contributed by atoms with Gasteiger partial charge in [-0.1, -0.05) is 5.16 Å². The van der Waals surface area contributed by atoms with E-state index in [9.17, 15) is 9.18 Å². The van der Waals surface area contributed by atoms with Gasteiger partial charge in [-0.05, 0) is 50.2 Å². The molecule has 5 nitrogen and oxygen atoms in total. The number of ether oxygens (including phenoxy) is 1. The summed E-state index contributed by atoms with van der Waals surface area (Å²) in [7, 11) is 0. The fourth-order valence-electron chi connectivity index (χ4n) is 2.13. The molecular formula is C17H14FNO4. The lowest BCUT2D eigenvalue weighted by atomic mass is 10.2. The summed E-state index contributed by atoms with van der Waals surface area (Å²) in [5, 5.41) is 3.80. The van der Waals surface area contributed by atoms with Gasteiger partial charge in [0, 0.05) is 5.56 Å². The highest BCUT2D eigenvalue weighted by Crippen LogP contribution is 2.23. The second-order valence-electron chi connectivity index (χ2n) is 5.05. The average Bonchev–Trinajstić information content (AvgIpc) is 3.14. The summed E-state index contributed by atoms with van der Waals surface area (Å²) in [5.41, 5.74) is 2.10. The molecule has 0 aliphatic carbocycles. The molecule has 0 radical (unpaired) electrons. The van der Waals surface area contributed by atoms with Crippen LogP contribution in [0.3, 0.4) is 0 Å². The van der Waals surface area contributed by atoms with Crippen molar-refractivity contribution < 1.29 is 22.9 Å². The van der Waals surface area contributed by atoms with Gasteiger partial charge in [0.15, 0.2) is 0 Å². The first-order valence-corrected chi connectivity index (χ1v) is 6.99. The second kappa shape index (κ2) is 6.08. The van der Waals surface area contributed by atoms with Crippen molar-refractivity contribution in [2.24, 2.45) is 0 Å². The number of carbonyl (C=O) groups is 1. The van der Waals surface area contributed by atoms with Gasteiger partial charge in [-0.15, -0.1) is 0 Å². The van der Waals surface area contributed by atoms with Crippen molar-refractivity contribution in [3.63, 3.8) is 0 Å². The number of furan rings is 1. The van der Waals surface area contributed by atoms with E-state index in [1.807, 2.05) is 0 Å². The third-order valence-corrected chi connectivity index (χ3v) is 3.46. The number of nitrogens with zero attached hydrogens (tertiary/aromatic N) is 1. The molecule has 0 spiro atoms. The predicted octanol–water partition coefficient (Wildman–Crippen LogP) is 4.05. The third kappa shape index (κ3) is 3.15. The minimum absolute atomic E-state index is 0.0621. The van der Waals surface area contributed by atoms with Crippen LogP contribution in [0.25, 0.3) is 11.3 Å². The summed E-state index contributed by atoms with van der Waals surface area (Å²) >= 11 is 0. The van der Waals surface area contributed by atoms with Crippen molar-refractivity contribution >= 4 is 5.97 Å². The first-order chi connectivity index (χ1) is 11.0. The second-order valence-corrected chi connectivity index (χ2v) is 5.05. The van der Waals surface area contributed by atoms with Crippen molar-refractivity contribution in [2.75, 3.05) is 0 Å². The van der Waals surface area contributed by atoms with Gasteiger partial charge >= 0.3 is 5.97 Å².